The van der Waals surface area contributed by atoms with Gasteiger partial charge in [-0.1, -0.05) is 170 Å². The van der Waals surface area contributed by atoms with Crippen molar-refractivity contribution in [2.75, 3.05) is 9.80 Å². The van der Waals surface area contributed by atoms with Crippen molar-refractivity contribution < 1.29 is 8.83 Å². The molecule has 16 rings (SSSR count). The fraction of sp³-hybridized carbons (Fsp3) is 0.0130. The Morgan fingerprint density at radius 1 is 0.318 bits per heavy atom. The molecular weight excluding hydrogens is 1040 g/mol. The van der Waals surface area contributed by atoms with Gasteiger partial charge in [0.15, 0.2) is 11.2 Å². The third kappa shape index (κ3) is 7.74. The second-order valence-corrected chi connectivity index (χ2v) is 21.4. The summed E-state index contributed by atoms with van der Waals surface area (Å²) in [6.45, 7) is 0. The topological polar surface area (TPSA) is 106 Å². The highest BCUT2D eigenvalue weighted by Crippen LogP contribution is 2.67. The van der Waals surface area contributed by atoms with Crippen LogP contribution in [0, 0.1) is 22.7 Å². The van der Waals surface area contributed by atoms with Crippen LogP contribution in [0.15, 0.2) is 288 Å². The second-order valence-electron chi connectivity index (χ2n) is 21.4. The van der Waals surface area contributed by atoms with Gasteiger partial charge in [0.2, 0.25) is 11.8 Å². The summed E-state index contributed by atoms with van der Waals surface area (Å²) in [5.41, 5.74) is 21.5. The van der Waals surface area contributed by atoms with Crippen LogP contribution in [0.2, 0.25) is 0 Å². The standard InChI is InChI=1S/C77H46N6O2/c78-47-49-35-39-59(40-36-49)82(57-27-9-3-10-28-57)67-45-65-69(73-71(67)80-75(84-73)55-25-17-23-53(43-55)51-19-5-1-6-20-51)70-66(77(65)63-33-15-13-31-61(63)62-32-14-16-34-64(62)77)46-68(83(58-29-11-4-12-30-58)60-41-37-50(48-79)38-42-60)72-74(70)85-76(81-72)56-26-18-24-54(44-56)52-21-7-2-8-22-52/h1-46H. The largest absolute Gasteiger partial charge is 0.435 e. The van der Waals surface area contributed by atoms with Crippen LogP contribution in [-0.4, -0.2) is 9.97 Å². The molecular formula is C77H46N6O2. The summed E-state index contributed by atoms with van der Waals surface area (Å²) in [6, 6.07) is 100. The van der Waals surface area contributed by atoms with E-state index in [1.54, 1.807) is 0 Å². The number of fused-ring (bicyclic) bond motifs is 14. The Morgan fingerprint density at radius 2 is 0.659 bits per heavy atom. The van der Waals surface area contributed by atoms with E-state index in [1.807, 2.05) is 97.1 Å². The molecule has 85 heavy (non-hydrogen) atoms. The van der Waals surface area contributed by atoms with Gasteiger partial charge in [-0.3, -0.25) is 0 Å². The summed E-state index contributed by atoms with van der Waals surface area (Å²) >= 11 is 0. The van der Waals surface area contributed by atoms with Crippen molar-refractivity contribution >= 4 is 56.3 Å². The lowest BCUT2D eigenvalue weighted by atomic mass is 9.70. The van der Waals surface area contributed by atoms with E-state index in [9.17, 15) is 10.5 Å². The molecule has 0 fully saturated rings. The first-order valence-electron chi connectivity index (χ1n) is 28.2. The van der Waals surface area contributed by atoms with Gasteiger partial charge in [0, 0.05) is 45.0 Å². The van der Waals surface area contributed by atoms with E-state index in [2.05, 4.69) is 204 Å². The Hall–Kier alpha value is -11.8. The number of hydrogen-bond donors (Lipinski definition) is 0. The van der Waals surface area contributed by atoms with Crippen molar-refractivity contribution in [1.29, 1.82) is 10.5 Å². The molecule has 2 heterocycles. The van der Waals surface area contributed by atoms with Gasteiger partial charge in [-0.2, -0.15) is 10.5 Å². The molecule has 0 bridgehead atoms. The van der Waals surface area contributed by atoms with Crippen molar-refractivity contribution in [3.63, 3.8) is 0 Å². The first-order valence-corrected chi connectivity index (χ1v) is 28.2. The van der Waals surface area contributed by atoms with Crippen molar-refractivity contribution in [3.05, 3.63) is 312 Å². The molecule has 0 unspecified atom stereocenters. The van der Waals surface area contributed by atoms with E-state index in [4.69, 9.17) is 18.8 Å². The van der Waals surface area contributed by atoms with Crippen molar-refractivity contribution in [3.8, 4) is 79.6 Å². The number of para-hydroxylation sites is 2. The van der Waals surface area contributed by atoms with Crippen LogP contribution in [0.4, 0.5) is 34.1 Å². The molecule has 396 valence electrons. The van der Waals surface area contributed by atoms with E-state index < -0.39 is 5.41 Å². The molecule has 0 amide bonds. The zero-order chi connectivity index (χ0) is 56.6. The van der Waals surface area contributed by atoms with Gasteiger partial charge in [0.1, 0.15) is 11.0 Å². The summed E-state index contributed by atoms with van der Waals surface area (Å²) in [7, 11) is 0. The summed E-state index contributed by atoms with van der Waals surface area (Å²) in [4.78, 5) is 15.8. The molecule has 14 aromatic rings. The number of nitriles is 2. The maximum Gasteiger partial charge on any atom is 0.227 e. The molecule has 1 spiro atoms. The predicted molar refractivity (Wildman–Crippen MR) is 338 cm³/mol. The number of anilines is 6. The highest BCUT2D eigenvalue weighted by atomic mass is 16.4. The van der Waals surface area contributed by atoms with Crippen LogP contribution in [0.1, 0.15) is 33.4 Å². The number of benzene rings is 12. The van der Waals surface area contributed by atoms with E-state index in [0.717, 1.165) is 112 Å². The second kappa shape index (κ2) is 19.7. The minimum Gasteiger partial charge on any atom is -0.435 e. The number of nitrogens with zero attached hydrogens (tertiary/aromatic N) is 6. The molecule has 2 aromatic heterocycles. The molecule has 2 aliphatic rings. The summed E-state index contributed by atoms with van der Waals surface area (Å²) in [6.07, 6.45) is 0. The van der Waals surface area contributed by atoms with Crippen LogP contribution in [0.5, 0.6) is 0 Å². The van der Waals surface area contributed by atoms with Gasteiger partial charge in [0.25, 0.3) is 0 Å². The summed E-state index contributed by atoms with van der Waals surface area (Å²) < 4.78 is 15.2. The SMILES string of the molecule is N#Cc1ccc(N(c2ccccc2)c2cc3c(c4oc(-c5cccc(-c6ccccc6)c5)nc24)-c2c(cc(N(c4ccccc4)c4ccc(C#N)cc4)c4nc(-c5cccc(-c6ccccc6)c5)oc24)C32c3ccccc3-c3ccccc32)cc1. The first kappa shape index (κ1) is 49.0. The van der Waals surface area contributed by atoms with Crippen molar-refractivity contribution in [2.45, 2.75) is 5.41 Å². The molecule has 12 aromatic carbocycles. The highest BCUT2D eigenvalue weighted by molar-refractivity contribution is 6.16. The van der Waals surface area contributed by atoms with Crippen LogP contribution >= 0.6 is 0 Å². The maximum absolute atomic E-state index is 10.1. The Morgan fingerprint density at radius 3 is 1.06 bits per heavy atom. The van der Waals surface area contributed by atoms with Gasteiger partial charge in [0.05, 0.1) is 40.1 Å². The van der Waals surface area contributed by atoms with E-state index in [1.165, 1.54) is 0 Å². The fourth-order valence-corrected chi connectivity index (χ4v) is 13.1. The van der Waals surface area contributed by atoms with Gasteiger partial charge >= 0.3 is 0 Å². The van der Waals surface area contributed by atoms with E-state index >= 15 is 0 Å². The molecule has 8 heteroatoms. The summed E-state index contributed by atoms with van der Waals surface area (Å²) in [5, 5.41) is 20.2. The summed E-state index contributed by atoms with van der Waals surface area (Å²) in [5.74, 6) is 0.898. The molecule has 0 saturated carbocycles. The monoisotopic (exact) mass is 1090 g/mol. The van der Waals surface area contributed by atoms with Gasteiger partial charge in [-0.15, -0.1) is 0 Å². The smallest absolute Gasteiger partial charge is 0.227 e. The molecule has 0 N–H and O–H groups in total. The first-order chi connectivity index (χ1) is 42.0. The lowest BCUT2D eigenvalue weighted by Gasteiger charge is -2.33. The number of rotatable bonds is 10. The van der Waals surface area contributed by atoms with Crippen LogP contribution in [-0.2, 0) is 5.41 Å². The Bertz CT molecular complexity index is 4700. The lowest BCUT2D eigenvalue weighted by Crippen LogP contribution is -2.26. The average molecular weight is 1090 g/mol. The Balaban J connectivity index is 1.08. The van der Waals surface area contributed by atoms with Gasteiger partial charge < -0.3 is 18.6 Å². The minimum atomic E-state index is -0.996. The quantitative estimate of drug-likeness (QED) is 0.133. The number of hydrogen-bond acceptors (Lipinski definition) is 8. The third-order valence-corrected chi connectivity index (χ3v) is 16.8. The zero-order valence-corrected chi connectivity index (χ0v) is 45.6. The molecule has 0 aliphatic heterocycles. The zero-order valence-electron chi connectivity index (χ0n) is 45.6. The fourth-order valence-electron chi connectivity index (χ4n) is 13.1. The molecule has 0 radical (unpaired) electrons. The Kier molecular flexibility index (Phi) is 11.4. The third-order valence-electron chi connectivity index (χ3n) is 16.8. The normalized spacial score (nSPS) is 12.3. The number of oxazole rings is 2. The van der Waals surface area contributed by atoms with Crippen LogP contribution < -0.4 is 9.80 Å². The minimum absolute atomic E-state index is 0.449. The predicted octanol–water partition coefficient (Wildman–Crippen LogP) is 19.7. The van der Waals surface area contributed by atoms with Crippen LogP contribution in [0.25, 0.3) is 89.6 Å². The highest BCUT2D eigenvalue weighted by Gasteiger charge is 2.55. The van der Waals surface area contributed by atoms with Gasteiger partial charge in [-0.25, -0.2) is 9.97 Å². The van der Waals surface area contributed by atoms with Crippen molar-refractivity contribution in [2.24, 2.45) is 0 Å². The Labute approximate surface area is 490 Å². The lowest BCUT2D eigenvalue weighted by molar-refractivity contribution is 0.616. The van der Waals surface area contributed by atoms with E-state index in [-0.39, 0.29) is 0 Å². The molecule has 2 aliphatic carbocycles. The van der Waals surface area contributed by atoms with Gasteiger partial charge in [-0.05, 0) is 165 Å². The average Bonchev–Trinajstić information content (AvgIpc) is 1.51. The molecule has 8 nitrogen and oxygen atoms in total. The number of aromatic nitrogens is 2. The van der Waals surface area contributed by atoms with Crippen molar-refractivity contribution in [1.82, 2.24) is 9.97 Å². The molecule has 0 saturated heterocycles. The van der Waals surface area contributed by atoms with Crippen LogP contribution in [0.3, 0.4) is 0 Å². The maximum atomic E-state index is 10.1. The molecule has 0 atom stereocenters. The van der Waals surface area contributed by atoms with E-state index in [0.29, 0.717) is 45.1 Å².